The molecule has 4 nitrogen and oxygen atoms in total. The van der Waals surface area contributed by atoms with Gasteiger partial charge in [-0.15, -0.1) is 0 Å². The van der Waals surface area contributed by atoms with Crippen LogP contribution in [0.2, 0.25) is 0 Å². The molecule has 20 heavy (non-hydrogen) atoms. The molecule has 0 aromatic heterocycles. The molecule has 0 bridgehead atoms. The molecule has 8 heteroatoms. The number of nitrogens with zero attached hydrogens (tertiary/aromatic N) is 1. The fourth-order valence-corrected chi connectivity index (χ4v) is 3.21. The minimum Gasteiger partial charge on any atom is -0.207 e. The van der Waals surface area contributed by atoms with Crippen molar-refractivity contribution in [2.24, 2.45) is 0 Å². The number of nitrogens with one attached hydrogen (secondary N) is 1. The molecule has 0 radical (unpaired) electrons. The predicted molar refractivity (Wildman–Crippen MR) is 64.1 cm³/mol. The Morgan fingerprint density at radius 2 is 1.80 bits per heavy atom. The second-order valence-corrected chi connectivity index (χ2v) is 6.35. The van der Waals surface area contributed by atoms with Gasteiger partial charge in [0.2, 0.25) is 10.0 Å². The topological polar surface area (TPSA) is 70.0 Å². The van der Waals surface area contributed by atoms with Crippen LogP contribution in [0.15, 0.2) is 29.2 Å². The molecule has 1 aliphatic carbocycles. The molecule has 1 N–H and O–H groups in total. The molecule has 2 rings (SSSR count). The van der Waals surface area contributed by atoms with E-state index < -0.39 is 21.7 Å². The normalized spacial score (nSPS) is 17.5. The number of rotatable bonds is 4. The molecule has 0 aliphatic heterocycles. The van der Waals surface area contributed by atoms with Gasteiger partial charge in [-0.1, -0.05) is 12.1 Å². The monoisotopic (exact) mass is 304 g/mol. The number of benzene rings is 1. The average Bonchev–Trinajstić information content (AvgIpc) is 3.10. The van der Waals surface area contributed by atoms with E-state index in [4.69, 9.17) is 5.26 Å². The van der Waals surface area contributed by atoms with E-state index in [1.807, 2.05) is 6.07 Å². The van der Waals surface area contributed by atoms with E-state index in [2.05, 4.69) is 0 Å². The maximum atomic E-state index is 12.7. The van der Waals surface area contributed by atoms with Gasteiger partial charge in [-0.3, -0.25) is 0 Å². The van der Waals surface area contributed by atoms with Crippen molar-refractivity contribution in [2.75, 3.05) is 0 Å². The van der Waals surface area contributed by atoms with Crippen molar-refractivity contribution in [3.05, 3.63) is 29.8 Å². The highest BCUT2D eigenvalue weighted by Gasteiger charge is 2.65. The van der Waals surface area contributed by atoms with Crippen LogP contribution in [0.5, 0.6) is 0 Å². The fourth-order valence-electron chi connectivity index (χ4n) is 1.76. The van der Waals surface area contributed by atoms with E-state index >= 15 is 0 Å². The second-order valence-electron chi connectivity index (χ2n) is 4.66. The molecule has 0 atom stereocenters. The summed E-state index contributed by atoms with van der Waals surface area (Å²) in [5.74, 6) is 0. The third-order valence-corrected chi connectivity index (χ3v) is 4.69. The smallest absolute Gasteiger partial charge is 0.207 e. The van der Waals surface area contributed by atoms with Crippen molar-refractivity contribution in [3.8, 4) is 6.07 Å². The first-order valence-electron chi connectivity index (χ1n) is 5.77. The molecule has 108 valence electrons. The zero-order valence-electron chi connectivity index (χ0n) is 10.2. The summed E-state index contributed by atoms with van der Waals surface area (Å²) >= 11 is 0. The van der Waals surface area contributed by atoms with E-state index in [-0.39, 0.29) is 24.2 Å². The molecule has 0 spiro atoms. The average molecular weight is 304 g/mol. The number of alkyl halides is 3. The summed E-state index contributed by atoms with van der Waals surface area (Å²) in [4.78, 5) is -0.241. The minimum atomic E-state index is -4.60. The standard InChI is InChI=1S/C12H11F3N2O2S/c13-12(14,15)11(6-7-11)17-20(18,19)10-3-1-9(2-4-10)5-8-16/h1-4,17H,5-7H2. The lowest BCUT2D eigenvalue weighted by Crippen LogP contribution is -2.47. The SMILES string of the molecule is N#CCc1ccc(S(=O)(=O)NC2(C(F)(F)F)CC2)cc1. The van der Waals surface area contributed by atoms with Crippen LogP contribution in [0.4, 0.5) is 13.2 Å². The summed E-state index contributed by atoms with van der Waals surface area (Å²) in [5.41, 5.74) is -1.72. The fraction of sp³-hybridized carbons (Fsp3) is 0.417. The Balaban J connectivity index is 2.22. The molecule has 1 aromatic carbocycles. The number of nitriles is 1. The van der Waals surface area contributed by atoms with Crippen molar-refractivity contribution in [3.63, 3.8) is 0 Å². The lowest BCUT2D eigenvalue weighted by Gasteiger charge is -2.20. The first-order chi connectivity index (χ1) is 9.20. The van der Waals surface area contributed by atoms with Gasteiger partial charge in [0, 0.05) is 0 Å². The Morgan fingerprint density at radius 3 is 2.20 bits per heavy atom. The van der Waals surface area contributed by atoms with Gasteiger partial charge in [-0.2, -0.15) is 23.2 Å². The van der Waals surface area contributed by atoms with Crippen LogP contribution in [0.1, 0.15) is 18.4 Å². The van der Waals surface area contributed by atoms with Crippen LogP contribution in [-0.4, -0.2) is 20.1 Å². The van der Waals surface area contributed by atoms with Crippen molar-refractivity contribution >= 4 is 10.0 Å². The quantitative estimate of drug-likeness (QED) is 0.926. The molecule has 0 saturated heterocycles. The van der Waals surface area contributed by atoms with E-state index in [1.165, 1.54) is 24.3 Å². The molecule has 0 unspecified atom stereocenters. The predicted octanol–water partition coefficient (Wildman–Crippen LogP) is 2.13. The Labute approximate surface area is 114 Å². The zero-order chi connectivity index (χ0) is 15.0. The van der Waals surface area contributed by atoms with Gasteiger partial charge in [0.15, 0.2) is 0 Å². The summed E-state index contributed by atoms with van der Waals surface area (Å²) in [6, 6.07) is 7.10. The van der Waals surface area contributed by atoms with Gasteiger partial charge < -0.3 is 0 Å². The van der Waals surface area contributed by atoms with Crippen molar-refractivity contribution in [2.45, 2.75) is 35.9 Å². The molecular formula is C12H11F3N2O2S. The molecule has 1 fully saturated rings. The number of hydrogen-bond donors (Lipinski definition) is 1. The van der Waals surface area contributed by atoms with E-state index in [0.29, 0.717) is 5.56 Å². The van der Waals surface area contributed by atoms with E-state index in [0.717, 1.165) is 0 Å². The maximum Gasteiger partial charge on any atom is 0.407 e. The van der Waals surface area contributed by atoms with Crippen molar-refractivity contribution < 1.29 is 21.6 Å². The largest absolute Gasteiger partial charge is 0.407 e. The van der Waals surface area contributed by atoms with Gasteiger partial charge in [-0.05, 0) is 30.5 Å². The van der Waals surface area contributed by atoms with Crippen LogP contribution >= 0.6 is 0 Å². The second kappa shape index (κ2) is 4.75. The molecule has 1 aromatic rings. The van der Waals surface area contributed by atoms with Crippen LogP contribution in [0, 0.1) is 11.3 Å². The first kappa shape index (κ1) is 14.8. The lowest BCUT2D eigenvalue weighted by atomic mass is 10.2. The Bertz CT molecular complexity index is 641. The van der Waals surface area contributed by atoms with Gasteiger partial charge in [-0.25, -0.2) is 8.42 Å². The number of halogens is 3. The zero-order valence-corrected chi connectivity index (χ0v) is 11.1. The summed E-state index contributed by atoms with van der Waals surface area (Å²) < 4.78 is 63.8. The number of hydrogen-bond acceptors (Lipinski definition) is 3. The van der Waals surface area contributed by atoms with Crippen molar-refractivity contribution in [1.82, 2.24) is 4.72 Å². The summed E-state index contributed by atoms with van der Waals surface area (Å²) in [6.45, 7) is 0. The van der Waals surface area contributed by atoms with Crippen LogP contribution < -0.4 is 4.72 Å². The Kier molecular flexibility index (Phi) is 3.52. The Hall–Kier alpha value is -1.59. The van der Waals surface area contributed by atoms with Crippen LogP contribution in [0.25, 0.3) is 0 Å². The third kappa shape index (κ3) is 2.78. The van der Waals surface area contributed by atoms with Crippen molar-refractivity contribution in [1.29, 1.82) is 5.26 Å². The highest BCUT2D eigenvalue weighted by atomic mass is 32.2. The van der Waals surface area contributed by atoms with Gasteiger partial charge in [0.1, 0.15) is 5.54 Å². The molecule has 1 aliphatic rings. The molecular weight excluding hydrogens is 293 g/mol. The highest BCUT2D eigenvalue weighted by molar-refractivity contribution is 7.89. The molecule has 0 amide bonds. The van der Waals surface area contributed by atoms with Gasteiger partial charge in [0.25, 0.3) is 0 Å². The van der Waals surface area contributed by atoms with Crippen LogP contribution in [-0.2, 0) is 16.4 Å². The third-order valence-electron chi connectivity index (χ3n) is 3.14. The highest BCUT2D eigenvalue weighted by Crippen LogP contribution is 2.49. The summed E-state index contributed by atoms with van der Waals surface area (Å²) in [7, 11) is -4.22. The van der Waals surface area contributed by atoms with Gasteiger partial charge in [0.05, 0.1) is 17.4 Å². The number of sulfonamides is 1. The first-order valence-corrected chi connectivity index (χ1v) is 7.25. The Morgan fingerprint density at radius 1 is 1.25 bits per heavy atom. The minimum absolute atomic E-state index is 0.111. The summed E-state index contributed by atoms with van der Waals surface area (Å²) in [6.07, 6.45) is -4.98. The van der Waals surface area contributed by atoms with Gasteiger partial charge >= 0.3 is 6.18 Å². The molecule has 0 heterocycles. The van der Waals surface area contributed by atoms with E-state index in [9.17, 15) is 21.6 Å². The molecule has 1 saturated carbocycles. The van der Waals surface area contributed by atoms with E-state index in [1.54, 1.807) is 4.72 Å². The summed E-state index contributed by atoms with van der Waals surface area (Å²) in [5, 5.41) is 8.49. The maximum absolute atomic E-state index is 12.7. The van der Waals surface area contributed by atoms with Crippen LogP contribution in [0.3, 0.4) is 0 Å². The lowest BCUT2D eigenvalue weighted by molar-refractivity contribution is -0.160.